The summed E-state index contributed by atoms with van der Waals surface area (Å²) in [6.07, 6.45) is 2.18. The smallest absolute Gasteiger partial charge is 0.165 e. The summed E-state index contributed by atoms with van der Waals surface area (Å²) in [6.45, 7) is 5.02. The molecule has 0 aromatic heterocycles. The Morgan fingerprint density at radius 3 is 2.44 bits per heavy atom. The average Bonchev–Trinajstić information content (AvgIpc) is 2.25. The number of aromatic hydroxyl groups is 1. The molecule has 0 heterocycles. The Labute approximate surface area is 96.7 Å². The third kappa shape index (κ3) is 3.20. The first-order chi connectivity index (χ1) is 7.58. The number of rotatable bonds is 5. The molecule has 0 saturated carbocycles. The number of phenolic OH excluding ortho intramolecular Hbond substituents is 1. The SMILES string of the molecule is CCC(CC)N(C)Cc1ccc(O)c(F)c1. The summed E-state index contributed by atoms with van der Waals surface area (Å²) in [4.78, 5) is 2.21. The summed E-state index contributed by atoms with van der Waals surface area (Å²) in [5, 5.41) is 9.09. The van der Waals surface area contributed by atoms with E-state index in [1.54, 1.807) is 6.07 Å². The van der Waals surface area contributed by atoms with Gasteiger partial charge in [-0.25, -0.2) is 4.39 Å². The van der Waals surface area contributed by atoms with Crippen molar-refractivity contribution in [1.82, 2.24) is 4.90 Å². The minimum Gasteiger partial charge on any atom is -0.505 e. The highest BCUT2D eigenvalue weighted by Crippen LogP contribution is 2.18. The van der Waals surface area contributed by atoms with Gasteiger partial charge in [-0.2, -0.15) is 0 Å². The second kappa shape index (κ2) is 5.85. The van der Waals surface area contributed by atoms with Gasteiger partial charge in [-0.1, -0.05) is 19.9 Å². The summed E-state index contributed by atoms with van der Waals surface area (Å²) >= 11 is 0. The van der Waals surface area contributed by atoms with E-state index in [1.165, 1.54) is 12.1 Å². The Morgan fingerprint density at radius 1 is 1.31 bits per heavy atom. The molecule has 0 bridgehead atoms. The summed E-state index contributed by atoms with van der Waals surface area (Å²) < 4.78 is 13.1. The number of phenols is 1. The van der Waals surface area contributed by atoms with Crippen LogP contribution < -0.4 is 0 Å². The minimum absolute atomic E-state index is 0.283. The van der Waals surface area contributed by atoms with Gasteiger partial charge in [0.05, 0.1) is 0 Å². The molecular formula is C13H20FNO. The fourth-order valence-corrected chi connectivity index (χ4v) is 1.98. The van der Waals surface area contributed by atoms with Crippen LogP contribution in [0.15, 0.2) is 18.2 Å². The van der Waals surface area contributed by atoms with Gasteiger partial charge < -0.3 is 5.11 Å². The normalized spacial score (nSPS) is 11.4. The molecule has 1 aromatic rings. The lowest BCUT2D eigenvalue weighted by Gasteiger charge is -2.26. The quantitative estimate of drug-likeness (QED) is 0.832. The predicted molar refractivity (Wildman–Crippen MR) is 63.9 cm³/mol. The molecule has 90 valence electrons. The van der Waals surface area contributed by atoms with Gasteiger partial charge >= 0.3 is 0 Å². The topological polar surface area (TPSA) is 23.5 Å². The molecule has 1 rings (SSSR count). The van der Waals surface area contributed by atoms with Crippen molar-refractivity contribution in [1.29, 1.82) is 0 Å². The van der Waals surface area contributed by atoms with E-state index in [-0.39, 0.29) is 5.75 Å². The van der Waals surface area contributed by atoms with Crippen LogP contribution in [0.1, 0.15) is 32.3 Å². The summed E-state index contributed by atoms with van der Waals surface area (Å²) in [5.41, 5.74) is 0.893. The Balaban J connectivity index is 2.69. The first-order valence-electron chi connectivity index (χ1n) is 5.76. The third-order valence-electron chi connectivity index (χ3n) is 3.01. The van der Waals surface area contributed by atoms with E-state index in [0.29, 0.717) is 12.6 Å². The van der Waals surface area contributed by atoms with E-state index in [2.05, 4.69) is 18.7 Å². The van der Waals surface area contributed by atoms with Crippen molar-refractivity contribution in [2.24, 2.45) is 0 Å². The fraction of sp³-hybridized carbons (Fsp3) is 0.538. The van der Waals surface area contributed by atoms with Crippen LogP contribution in [0, 0.1) is 5.82 Å². The van der Waals surface area contributed by atoms with Gasteiger partial charge in [0.25, 0.3) is 0 Å². The van der Waals surface area contributed by atoms with Crippen LogP contribution in [0.25, 0.3) is 0 Å². The summed E-state index contributed by atoms with van der Waals surface area (Å²) in [6, 6.07) is 5.09. The highest BCUT2D eigenvalue weighted by molar-refractivity contribution is 5.27. The van der Waals surface area contributed by atoms with Gasteiger partial charge in [-0.05, 0) is 37.6 Å². The van der Waals surface area contributed by atoms with Gasteiger partial charge in [0.1, 0.15) is 0 Å². The molecule has 0 aliphatic carbocycles. The van der Waals surface area contributed by atoms with Crippen LogP contribution >= 0.6 is 0 Å². The lowest BCUT2D eigenvalue weighted by molar-refractivity contribution is 0.221. The maximum atomic E-state index is 13.1. The Morgan fingerprint density at radius 2 is 1.94 bits per heavy atom. The van der Waals surface area contributed by atoms with E-state index in [4.69, 9.17) is 5.11 Å². The molecule has 1 N–H and O–H groups in total. The van der Waals surface area contributed by atoms with Gasteiger partial charge in [0, 0.05) is 12.6 Å². The zero-order valence-electron chi connectivity index (χ0n) is 10.2. The summed E-state index contributed by atoms with van der Waals surface area (Å²) in [7, 11) is 2.04. The minimum atomic E-state index is -0.546. The maximum absolute atomic E-state index is 13.1. The average molecular weight is 225 g/mol. The molecule has 2 nitrogen and oxygen atoms in total. The van der Waals surface area contributed by atoms with Crippen molar-refractivity contribution in [2.45, 2.75) is 39.3 Å². The molecule has 0 fully saturated rings. The number of benzene rings is 1. The molecule has 0 radical (unpaired) electrons. The molecule has 0 aliphatic heterocycles. The molecule has 0 spiro atoms. The largest absolute Gasteiger partial charge is 0.505 e. The molecule has 0 amide bonds. The second-order valence-corrected chi connectivity index (χ2v) is 4.17. The van der Waals surface area contributed by atoms with E-state index in [0.717, 1.165) is 18.4 Å². The van der Waals surface area contributed by atoms with Crippen LogP contribution in [-0.2, 0) is 6.54 Å². The molecule has 3 heteroatoms. The molecule has 0 atom stereocenters. The van der Waals surface area contributed by atoms with Crippen LogP contribution in [0.3, 0.4) is 0 Å². The molecule has 0 unspecified atom stereocenters. The highest BCUT2D eigenvalue weighted by atomic mass is 19.1. The number of halogens is 1. The van der Waals surface area contributed by atoms with Gasteiger partial charge in [-0.3, -0.25) is 4.90 Å². The van der Waals surface area contributed by atoms with E-state index < -0.39 is 5.82 Å². The van der Waals surface area contributed by atoms with Crippen molar-refractivity contribution >= 4 is 0 Å². The zero-order chi connectivity index (χ0) is 12.1. The number of hydrogen-bond donors (Lipinski definition) is 1. The number of hydrogen-bond acceptors (Lipinski definition) is 2. The maximum Gasteiger partial charge on any atom is 0.165 e. The Kier molecular flexibility index (Phi) is 4.74. The highest BCUT2D eigenvalue weighted by Gasteiger charge is 2.11. The molecular weight excluding hydrogens is 205 g/mol. The van der Waals surface area contributed by atoms with E-state index >= 15 is 0 Å². The first kappa shape index (κ1) is 13.0. The predicted octanol–water partition coefficient (Wildman–Crippen LogP) is 3.15. The van der Waals surface area contributed by atoms with E-state index in [1.807, 2.05) is 7.05 Å². The molecule has 0 saturated heterocycles. The van der Waals surface area contributed by atoms with Gasteiger partial charge in [0.15, 0.2) is 11.6 Å². The lowest BCUT2D eigenvalue weighted by Crippen LogP contribution is -2.29. The van der Waals surface area contributed by atoms with E-state index in [9.17, 15) is 4.39 Å². The zero-order valence-corrected chi connectivity index (χ0v) is 10.2. The fourth-order valence-electron chi connectivity index (χ4n) is 1.98. The van der Waals surface area contributed by atoms with Crippen LogP contribution in [0.2, 0.25) is 0 Å². The monoisotopic (exact) mass is 225 g/mol. The van der Waals surface area contributed by atoms with Crippen LogP contribution in [0.4, 0.5) is 4.39 Å². The van der Waals surface area contributed by atoms with Crippen LogP contribution in [0.5, 0.6) is 5.75 Å². The van der Waals surface area contributed by atoms with Crippen molar-refractivity contribution < 1.29 is 9.50 Å². The number of nitrogens with zero attached hydrogens (tertiary/aromatic N) is 1. The lowest BCUT2D eigenvalue weighted by atomic mass is 10.1. The molecule has 1 aromatic carbocycles. The standard InChI is InChI=1S/C13H20FNO/c1-4-11(5-2)15(3)9-10-6-7-13(16)12(14)8-10/h6-8,11,16H,4-5,9H2,1-3H3. The van der Waals surface area contributed by atoms with Crippen molar-refractivity contribution in [3.05, 3.63) is 29.6 Å². The van der Waals surface area contributed by atoms with Gasteiger partial charge in [-0.15, -0.1) is 0 Å². The van der Waals surface area contributed by atoms with Crippen molar-refractivity contribution in [3.63, 3.8) is 0 Å². The Bertz CT molecular complexity index is 337. The molecule has 0 aliphatic rings. The van der Waals surface area contributed by atoms with Crippen molar-refractivity contribution in [3.8, 4) is 5.75 Å². The van der Waals surface area contributed by atoms with Crippen LogP contribution in [-0.4, -0.2) is 23.1 Å². The first-order valence-corrected chi connectivity index (χ1v) is 5.76. The van der Waals surface area contributed by atoms with Gasteiger partial charge in [0.2, 0.25) is 0 Å². The Hall–Kier alpha value is -1.09. The molecule has 16 heavy (non-hydrogen) atoms. The second-order valence-electron chi connectivity index (χ2n) is 4.17. The van der Waals surface area contributed by atoms with Crippen molar-refractivity contribution in [2.75, 3.05) is 7.05 Å². The summed E-state index contributed by atoms with van der Waals surface area (Å²) in [5.74, 6) is -0.829. The third-order valence-corrected chi connectivity index (χ3v) is 3.01.